The number of anilines is 2. The van der Waals surface area contributed by atoms with Crippen molar-refractivity contribution in [3.05, 3.63) is 52.8 Å². The normalized spacial score (nSPS) is 14.3. The summed E-state index contributed by atoms with van der Waals surface area (Å²) in [5.74, 6) is 2.08. The molecule has 1 aromatic carbocycles. The molecule has 5 nitrogen and oxygen atoms in total. The molecule has 0 spiro atoms. The van der Waals surface area contributed by atoms with E-state index in [1.165, 1.54) is 45.2 Å². The average Bonchev–Trinajstić information content (AvgIpc) is 2.81. The number of nitrogens with one attached hydrogen (secondary N) is 1. The van der Waals surface area contributed by atoms with Crippen LogP contribution in [0, 0.1) is 11.7 Å². The van der Waals surface area contributed by atoms with Crippen molar-refractivity contribution in [3.8, 4) is 0 Å². The number of allylic oxidation sites excluding steroid dienone is 2. The molecular formula is C25H38FN5S. The molecule has 1 heterocycles. The molecule has 0 unspecified atom stereocenters. The first-order chi connectivity index (χ1) is 15.4. The van der Waals surface area contributed by atoms with Gasteiger partial charge in [-0.05, 0) is 50.9 Å². The Morgan fingerprint density at radius 2 is 1.84 bits per heavy atom. The summed E-state index contributed by atoms with van der Waals surface area (Å²) in [6.07, 6.45) is 12.7. The van der Waals surface area contributed by atoms with Crippen LogP contribution in [0.1, 0.15) is 39.0 Å². The molecule has 0 atom stereocenters. The van der Waals surface area contributed by atoms with Gasteiger partial charge in [-0.2, -0.15) is 4.98 Å². The highest BCUT2D eigenvalue weighted by Gasteiger charge is 2.14. The van der Waals surface area contributed by atoms with Crippen molar-refractivity contribution in [1.82, 2.24) is 9.97 Å². The highest BCUT2D eigenvalue weighted by molar-refractivity contribution is 7.80. The zero-order valence-corrected chi connectivity index (χ0v) is 20.7. The fourth-order valence-electron chi connectivity index (χ4n) is 3.36. The quantitative estimate of drug-likeness (QED) is 0.590. The minimum Gasteiger partial charge on any atom is -0.362 e. The average molecular weight is 460 g/mol. The standard InChI is InChI=1S/C18H28N4.C6H5FS.CH5N/c1-5-6-12-16-14(2)20-18(21-17(16)22(3)4)19-13-15-10-8-7-9-11-15;7-5-3-1-2-4-6(5)8;1-2/h5-6,12,15H,2,7-11,13H2,1,3-4H3,(H,19,20);1-4,8H;2H2,1H3/b6-5-,16-12+;;. The van der Waals surface area contributed by atoms with Crippen LogP contribution in [0.3, 0.4) is 0 Å². The number of hydrogen-bond donors (Lipinski definition) is 3. The Morgan fingerprint density at radius 3 is 2.38 bits per heavy atom. The van der Waals surface area contributed by atoms with Gasteiger partial charge in [-0.25, -0.2) is 9.37 Å². The van der Waals surface area contributed by atoms with Gasteiger partial charge in [0.15, 0.2) is 0 Å². The van der Waals surface area contributed by atoms with Gasteiger partial charge >= 0.3 is 0 Å². The lowest BCUT2D eigenvalue weighted by molar-refractivity contribution is 0.373. The van der Waals surface area contributed by atoms with Gasteiger partial charge in [-0.1, -0.05) is 50.1 Å². The second-order valence-corrected chi connectivity index (χ2v) is 8.14. The fourth-order valence-corrected chi connectivity index (χ4v) is 3.53. The number of rotatable bonds is 5. The summed E-state index contributed by atoms with van der Waals surface area (Å²) in [4.78, 5) is 11.6. The van der Waals surface area contributed by atoms with Crippen LogP contribution in [-0.2, 0) is 0 Å². The Balaban J connectivity index is 0.000000427. The Labute approximate surface area is 197 Å². The molecule has 1 saturated carbocycles. The van der Waals surface area contributed by atoms with Crippen molar-refractivity contribution in [3.63, 3.8) is 0 Å². The highest BCUT2D eigenvalue weighted by Crippen LogP contribution is 2.23. The summed E-state index contributed by atoms with van der Waals surface area (Å²) in [7, 11) is 5.50. The molecular weight excluding hydrogens is 421 g/mol. The lowest BCUT2D eigenvalue weighted by atomic mass is 9.89. The van der Waals surface area contributed by atoms with Crippen LogP contribution in [0.2, 0.25) is 0 Å². The van der Waals surface area contributed by atoms with Crippen molar-refractivity contribution in [1.29, 1.82) is 0 Å². The van der Waals surface area contributed by atoms with E-state index >= 15 is 0 Å². The van der Waals surface area contributed by atoms with E-state index in [0.29, 0.717) is 10.8 Å². The fraction of sp³-hybridized carbons (Fsp3) is 0.440. The molecule has 0 bridgehead atoms. The Bertz CT molecular complexity index is 919. The van der Waals surface area contributed by atoms with E-state index < -0.39 is 0 Å². The Hall–Kier alpha value is -2.38. The minimum absolute atomic E-state index is 0.268. The predicted octanol–water partition coefficient (Wildman–Crippen LogP) is 3.99. The smallest absolute Gasteiger partial charge is 0.225 e. The van der Waals surface area contributed by atoms with Crippen molar-refractivity contribution < 1.29 is 4.39 Å². The van der Waals surface area contributed by atoms with Crippen LogP contribution < -0.4 is 26.5 Å². The number of halogens is 1. The zero-order chi connectivity index (χ0) is 23.9. The third kappa shape index (κ3) is 9.40. The van der Waals surface area contributed by atoms with E-state index in [1.54, 1.807) is 18.2 Å². The van der Waals surface area contributed by atoms with E-state index in [2.05, 4.69) is 40.2 Å². The van der Waals surface area contributed by atoms with E-state index in [-0.39, 0.29) is 5.82 Å². The Morgan fingerprint density at radius 1 is 1.19 bits per heavy atom. The monoisotopic (exact) mass is 459 g/mol. The third-order valence-corrected chi connectivity index (χ3v) is 5.37. The molecule has 0 amide bonds. The topological polar surface area (TPSA) is 67.1 Å². The first-order valence-electron chi connectivity index (χ1n) is 11.0. The number of benzene rings is 1. The largest absolute Gasteiger partial charge is 0.362 e. The predicted molar refractivity (Wildman–Crippen MR) is 139 cm³/mol. The first kappa shape index (κ1) is 27.7. The molecule has 3 rings (SSSR count). The van der Waals surface area contributed by atoms with Gasteiger partial charge in [0.25, 0.3) is 0 Å². The molecule has 1 aliphatic carbocycles. The molecule has 0 saturated heterocycles. The molecule has 32 heavy (non-hydrogen) atoms. The van der Waals surface area contributed by atoms with Crippen molar-refractivity contribution in [2.75, 3.05) is 37.9 Å². The maximum absolute atomic E-state index is 12.2. The number of thiol groups is 1. The van der Waals surface area contributed by atoms with Gasteiger partial charge in [-0.15, -0.1) is 12.6 Å². The van der Waals surface area contributed by atoms with Gasteiger partial charge in [0.05, 0.1) is 5.35 Å². The summed E-state index contributed by atoms with van der Waals surface area (Å²) >= 11 is 3.82. The van der Waals surface area contributed by atoms with E-state index in [0.717, 1.165) is 28.8 Å². The van der Waals surface area contributed by atoms with Gasteiger partial charge in [-0.3, -0.25) is 0 Å². The van der Waals surface area contributed by atoms with Gasteiger partial charge < -0.3 is 16.0 Å². The second kappa shape index (κ2) is 15.4. The van der Waals surface area contributed by atoms with Crippen LogP contribution in [-0.4, -0.2) is 37.7 Å². The lowest BCUT2D eigenvalue weighted by Gasteiger charge is -2.22. The molecule has 3 N–H and O–H groups in total. The van der Waals surface area contributed by atoms with Crippen LogP contribution >= 0.6 is 12.6 Å². The number of hydrogen-bond acceptors (Lipinski definition) is 6. The molecule has 176 valence electrons. The first-order valence-corrected chi connectivity index (χ1v) is 11.5. The summed E-state index contributed by atoms with van der Waals surface area (Å²) in [5, 5.41) is 5.16. The Kier molecular flexibility index (Phi) is 13.3. The maximum Gasteiger partial charge on any atom is 0.225 e. The van der Waals surface area contributed by atoms with Crippen LogP contribution in [0.25, 0.3) is 12.7 Å². The zero-order valence-electron chi connectivity index (χ0n) is 19.8. The molecule has 2 aromatic rings. The summed E-state index contributed by atoms with van der Waals surface area (Å²) < 4.78 is 12.2. The third-order valence-electron chi connectivity index (χ3n) is 5.01. The van der Waals surface area contributed by atoms with Crippen molar-refractivity contribution in [2.24, 2.45) is 11.7 Å². The lowest BCUT2D eigenvalue weighted by Crippen LogP contribution is -2.35. The number of nitrogens with zero attached hydrogens (tertiary/aromatic N) is 3. The van der Waals surface area contributed by atoms with Gasteiger partial charge in [0, 0.05) is 30.8 Å². The van der Waals surface area contributed by atoms with E-state index in [4.69, 9.17) is 0 Å². The number of nitrogens with two attached hydrogens (primary N) is 1. The van der Waals surface area contributed by atoms with Gasteiger partial charge in [0.1, 0.15) is 11.6 Å². The van der Waals surface area contributed by atoms with Crippen molar-refractivity contribution >= 4 is 37.0 Å². The molecule has 7 heteroatoms. The second-order valence-electron chi connectivity index (χ2n) is 7.65. The molecule has 1 fully saturated rings. The highest BCUT2D eigenvalue weighted by atomic mass is 32.1. The summed E-state index contributed by atoms with van der Waals surface area (Å²) in [6, 6.07) is 6.36. The van der Waals surface area contributed by atoms with Crippen LogP contribution in [0.15, 0.2) is 41.3 Å². The molecule has 0 aliphatic heterocycles. The van der Waals surface area contributed by atoms with E-state index in [9.17, 15) is 4.39 Å². The van der Waals surface area contributed by atoms with E-state index in [1.807, 2.05) is 44.1 Å². The summed E-state index contributed by atoms with van der Waals surface area (Å²) in [6.45, 7) is 7.05. The summed E-state index contributed by atoms with van der Waals surface area (Å²) in [5.41, 5.74) is 4.50. The molecule has 1 aliphatic rings. The molecule has 0 radical (unpaired) electrons. The van der Waals surface area contributed by atoms with Crippen molar-refractivity contribution in [2.45, 2.75) is 43.9 Å². The number of aromatic nitrogens is 2. The SMILES string of the molecule is C=c1nc(NCC2CCCCC2)nc(N(C)C)/c1=C/C=C\C.CN.Fc1ccccc1S. The maximum atomic E-state index is 12.2. The minimum atomic E-state index is -0.268. The van der Waals surface area contributed by atoms with Gasteiger partial charge in [0.2, 0.25) is 5.95 Å². The van der Waals surface area contributed by atoms with Crippen LogP contribution in [0.5, 0.6) is 0 Å². The molecule has 1 aromatic heterocycles. The van der Waals surface area contributed by atoms with Crippen LogP contribution in [0.4, 0.5) is 16.2 Å².